The number of aromatic nitrogens is 1. The Morgan fingerprint density at radius 3 is 2.24 bits per heavy atom. The summed E-state index contributed by atoms with van der Waals surface area (Å²) in [6.45, 7) is 5.54. The fourth-order valence-electron chi connectivity index (χ4n) is 7.09. The van der Waals surface area contributed by atoms with E-state index in [1.807, 2.05) is 51.1 Å². The van der Waals surface area contributed by atoms with Gasteiger partial charge in [0.05, 0.1) is 34.3 Å². The molecule has 1 saturated carbocycles. The van der Waals surface area contributed by atoms with Gasteiger partial charge in [-0.2, -0.15) is 0 Å². The van der Waals surface area contributed by atoms with Gasteiger partial charge in [-0.15, -0.1) is 0 Å². The Balaban J connectivity index is 1.20. The Bertz CT molecular complexity index is 1930. The third kappa shape index (κ3) is 4.92. The first kappa shape index (κ1) is 29.3. The maximum Gasteiger partial charge on any atom is 0.339 e. The quantitative estimate of drug-likeness (QED) is 0.0900. The van der Waals surface area contributed by atoms with E-state index in [9.17, 15) is 19.2 Å². The molecule has 3 aromatic carbocycles. The number of esters is 1. The van der Waals surface area contributed by atoms with Crippen LogP contribution in [0.2, 0.25) is 0 Å². The minimum atomic E-state index is -0.624. The molecule has 2 heterocycles. The van der Waals surface area contributed by atoms with Gasteiger partial charge in [0, 0.05) is 21.0 Å². The van der Waals surface area contributed by atoms with Gasteiger partial charge in [0.1, 0.15) is 0 Å². The number of allylic oxidation sites excluding steroid dienone is 2. The maximum absolute atomic E-state index is 13.6. The van der Waals surface area contributed by atoms with Crippen LogP contribution in [0.5, 0.6) is 0 Å². The van der Waals surface area contributed by atoms with Crippen LogP contribution in [0.25, 0.3) is 22.2 Å². The second-order valence-corrected chi connectivity index (χ2v) is 13.1. The van der Waals surface area contributed by atoms with Crippen molar-refractivity contribution in [3.05, 3.63) is 105 Å². The fraction of sp³-hybridized carbons (Fsp3) is 0.270. The molecule has 2 amide bonds. The molecule has 1 saturated heterocycles. The predicted octanol–water partition coefficient (Wildman–Crippen LogP) is 7.19. The number of Topliss-reactive ketones (excluding diaryl/α,β-unsaturated/α-hetero) is 1. The van der Waals surface area contributed by atoms with Crippen molar-refractivity contribution in [1.29, 1.82) is 0 Å². The number of ketones is 1. The van der Waals surface area contributed by atoms with Crippen LogP contribution in [0.15, 0.2) is 77.3 Å². The van der Waals surface area contributed by atoms with Gasteiger partial charge in [-0.1, -0.05) is 59.3 Å². The number of halogens is 1. The molecular weight excluding hydrogens is 632 g/mol. The molecule has 1 aliphatic heterocycles. The monoisotopic (exact) mass is 662 g/mol. The predicted molar refractivity (Wildman–Crippen MR) is 175 cm³/mol. The van der Waals surface area contributed by atoms with E-state index in [2.05, 4.69) is 28.1 Å². The molecule has 4 aromatic rings. The molecule has 8 heteroatoms. The highest BCUT2D eigenvalue weighted by Crippen LogP contribution is 2.53. The van der Waals surface area contributed by atoms with Crippen molar-refractivity contribution in [3.63, 3.8) is 0 Å². The van der Waals surface area contributed by atoms with E-state index in [1.165, 1.54) is 4.90 Å². The Morgan fingerprint density at radius 1 is 0.911 bits per heavy atom. The molecule has 2 aliphatic carbocycles. The lowest BCUT2D eigenvalue weighted by molar-refractivity contribution is -0.123. The first-order valence-electron chi connectivity index (χ1n) is 15.2. The molecule has 2 bridgehead atoms. The first-order valence-corrected chi connectivity index (χ1v) is 16.0. The minimum Gasteiger partial charge on any atom is -0.454 e. The number of amides is 2. The SMILES string of the molecule is CCc1cc(Br)cc2c(C(=O)OCC(=O)c3ccc(C)c(C)c3)cc(-c3ccc(N4C(=O)C5C6C=CC(C6)C5C4=O)cc3)nc12. The Morgan fingerprint density at radius 2 is 1.60 bits per heavy atom. The number of imide groups is 1. The molecular formula is C37H31BrN2O5. The number of aryl methyl sites for hydroxylation is 3. The molecule has 0 radical (unpaired) electrons. The summed E-state index contributed by atoms with van der Waals surface area (Å²) in [4.78, 5) is 59.4. The lowest BCUT2D eigenvalue weighted by atomic mass is 9.85. The molecule has 1 aromatic heterocycles. The number of anilines is 1. The van der Waals surface area contributed by atoms with Crippen LogP contribution in [0.1, 0.15) is 50.8 Å². The molecule has 0 N–H and O–H groups in total. The van der Waals surface area contributed by atoms with Gasteiger partial charge in [0.15, 0.2) is 12.4 Å². The number of nitrogens with zero attached hydrogens (tertiary/aromatic N) is 2. The molecule has 2 fully saturated rings. The highest BCUT2D eigenvalue weighted by molar-refractivity contribution is 9.10. The number of hydrogen-bond donors (Lipinski definition) is 0. The van der Waals surface area contributed by atoms with Crippen molar-refractivity contribution in [2.24, 2.45) is 23.7 Å². The molecule has 7 nitrogen and oxygen atoms in total. The highest BCUT2D eigenvalue weighted by atomic mass is 79.9. The molecule has 4 atom stereocenters. The topological polar surface area (TPSA) is 93.6 Å². The zero-order chi connectivity index (χ0) is 31.6. The standard InChI is InChI=1S/C37H31BrN2O5/c1-4-21-15-26(38)16-28-29(37(44)45-18-31(41)23-6-5-19(2)20(3)13-23)17-30(39-34(21)28)22-9-11-27(12-10-22)40-35(42)32-24-7-8-25(14-24)33(32)36(40)43/h5-13,15-17,24-25,32-33H,4,14,18H2,1-3H3. The normalized spacial score (nSPS) is 21.6. The number of carbonyl (C=O) groups is 4. The maximum atomic E-state index is 13.6. The van der Waals surface area contributed by atoms with Crippen LogP contribution in [-0.4, -0.2) is 35.2 Å². The van der Waals surface area contributed by atoms with Crippen molar-refractivity contribution >= 4 is 56.1 Å². The van der Waals surface area contributed by atoms with Crippen molar-refractivity contribution in [3.8, 4) is 11.3 Å². The van der Waals surface area contributed by atoms with Crippen molar-refractivity contribution in [2.75, 3.05) is 11.5 Å². The Hall–Kier alpha value is -4.43. The van der Waals surface area contributed by atoms with Gasteiger partial charge in [-0.05, 0) is 91.6 Å². The van der Waals surface area contributed by atoms with Gasteiger partial charge < -0.3 is 4.74 Å². The molecule has 0 spiro atoms. The smallest absolute Gasteiger partial charge is 0.339 e. The summed E-state index contributed by atoms with van der Waals surface area (Å²) in [7, 11) is 0. The lowest BCUT2D eigenvalue weighted by Gasteiger charge is -2.18. The molecule has 4 unspecified atom stereocenters. The lowest BCUT2D eigenvalue weighted by Crippen LogP contribution is -2.32. The van der Waals surface area contributed by atoms with Crippen molar-refractivity contribution in [2.45, 2.75) is 33.6 Å². The van der Waals surface area contributed by atoms with Gasteiger partial charge in [-0.3, -0.25) is 19.3 Å². The van der Waals surface area contributed by atoms with Crippen molar-refractivity contribution in [1.82, 2.24) is 4.98 Å². The summed E-state index contributed by atoms with van der Waals surface area (Å²) < 4.78 is 6.38. The second kappa shape index (κ2) is 11.2. The number of carbonyl (C=O) groups excluding carboxylic acids is 4. The number of fused-ring (bicyclic) bond motifs is 6. The third-order valence-corrected chi connectivity index (χ3v) is 10.1. The van der Waals surface area contributed by atoms with Gasteiger partial charge >= 0.3 is 5.97 Å². The molecule has 45 heavy (non-hydrogen) atoms. The summed E-state index contributed by atoms with van der Waals surface area (Å²) in [6.07, 6.45) is 5.73. The van der Waals surface area contributed by atoms with Gasteiger partial charge in [0.25, 0.3) is 0 Å². The fourth-order valence-corrected chi connectivity index (χ4v) is 7.60. The number of pyridine rings is 1. The van der Waals surface area contributed by atoms with Crippen LogP contribution in [0.3, 0.4) is 0 Å². The largest absolute Gasteiger partial charge is 0.454 e. The van der Waals surface area contributed by atoms with Crippen LogP contribution in [0.4, 0.5) is 5.69 Å². The van der Waals surface area contributed by atoms with Crippen LogP contribution in [-0.2, 0) is 20.7 Å². The summed E-state index contributed by atoms with van der Waals surface area (Å²) in [5.41, 5.74) is 6.25. The summed E-state index contributed by atoms with van der Waals surface area (Å²) >= 11 is 3.56. The van der Waals surface area contributed by atoms with Gasteiger partial charge in [-0.25, -0.2) is 9.78 Å². The Labute approximate surface area is 269 Å². The van der Waals surface area contributed by atoms with E-state index in [0.29, 0.717) is 45.4 Å². The second-order valence-electron chi connectivity index (χ2n) is 12.2. The zero-order valence-electron chi connectivity index (χ0n) is 25.2. The van der Waals surface area contributed by atoms with E-state index in [0.717, 1.165) is 27.6 Å². The highest BCUT2D eigenvalue weighted by Gasteiger charge is 2.59. The van der Waals surface area contributed by atoms with E-state index in [4.69, 9.17) is 9.72 Å². The third-order valence-electron chi connectivity index (χ3n) is 9.61. The zero-order valence-corrected chi connectivity index (χ0v) is 26.8. The number of hydrogen-bond acceptors (Lipinski definition) is 6. The van der Waals surface area contributed by atoms with Crippen molar-refractivity contribution < 1.29 is 23.9 Å². The first-order chi connectivity index (χ1) is 21.6. The van der Waals surface area contributed by atoms with Crippen LogP contribution in [0, 0.1) is 37.5 Å². The number of benzene rings is 3. The van der Waals surface area contributed by atoms with Crippen LogP contribution >= 0.6 is 15.9 Å². The number of ether oxygens (including phenoxy) is 1. The molecule has 3 aliphatic rings. The summed E-state index contributed by atoms with van der Waals surface area (Å²) in [5, 5.41) is 0.619. The van der Waals surface area contributed by atoms with E-state index >= 15 is 0 Å². The minimum absolute atomic E-state index is 0.128. The number of rotatable bonds is 7. The average molecular weight is 664 g/mol. The Kier molecular flexibility index (Phi) is 7.28. The van der Waals surface area contributed by atoms with Gasteiger partial charge in [0.2, 0.25) is 11.8 Å². The van der Waals surface area contributed by atoms with Crippen LogP contribution < -0.4 is 4.90 Å². The average Bonchev–Trinajstić information content (AvgIpc) is 3.73. The van der Waals surface area contributed by atoms with E-state index in [1.54, 1.807) is 30.3 Å². The molecule has 7 rings (SSSR count). The van der Waals surface area contributed by atoms with E-state index < -0.39 is 5.97 Å². The molecule has 226 valence electrons. The van der Waals surface area contributed by atoms with E-state index in [-0.39, 0.29) is 47.9 Å². The summed E-state index contributed by atoms with van der Waals surface area (Å²) in [5.74, 6) is -1.41. The summed E-state index contributed by atoms with van der Waals surface area (Å²) in [6, 6.07) is 18.0.